The van der Waals surface area contributed by atoms with Crippen molar-refractivity contribution in [1.29, 1.82) is 0 Å². The summed E-state index contributed by atoms with van der Waals surface area (Å²) in [7, 11) is 1.43. The fourth-order valence-corrected chi connectivity index (χ4v) is 1.70. The molecule has 2 N–H and O–H groups in total. The van der Waals surface area contributed by atoms with Crippen LogP contribution in [0.15, 0.2) is 36.7 Å². The molecule has 2 aromatic rings. The van der Waals surface area contributed by atoms with E-state index in [1.165, 1.54) is 7.11 Å². The van der Waals surface area contributed by atoms with Gasteiger partial charge in [0.25, 0.3) is 0 Å². The zero-order chi connectivity index (χ0) is 13.0. The average Bonchev–Trinajstić information content (AvgIpc) is 2.42. The Hall–Kier alpha value is -2.01. The predicted octanol–water partition coefficient (Wildman–Crippen LogP) is 1.87. The lowest BCUT2D eigenvalue weighted by Crippen LogP contribution is -2.17. The van der Waals surface area contributed by atoms with Crippen LogP contribution in [-0.2, 0) is 6.42 Å². The molecule has 1 heterocycles. The molecule has 94 valence electrons. The number of ether oxygens (including phenoxy) is 1. The maximum Gasteiger partial charge on any atom is 0.168 e. The molecule has 0 amide bonds. The highest BCUT2D eigenvalue weighted by Crippen LogP contribution is 2.23. The van der Waals surface area contributed by atoms with E-state index < -0.39 is 6.04 Å². The van der Waals surface area contributed by atoms with E-state index in [0.29, 0.717) is 17.8 Å². The van der Waals surface area contributed by atoms with Crippen LogP contribution in [0.25, 0.3) is 0 Å². The summed E-state index contributed by atoms with van der Waals surface area (Å²) >= 11 is 0. The first-order chi connectivity index (χ1) is 8.72. The quantitative estimate of drug-likeness (QED) is 0.895. The van der Waals surface area contributed by atoms with E-state index in [1.807, 2.05) is 0 Å². The normalized spacial score (nSPS) is 12.2. The van der Waals surface area contributed by atoms with Crippen molar-refractivity contribution in [1.82, 2.24) is 9.97 Å². The molecule has 2 rings (SSSR count). The Morgan fingerprint density at radius 1 is 1.28 bits per heavy atom. The van der Waals surface area contributed by atoms with E-state index in [4.69, 9.17) is 10.5 Å². The Bertz CT molecular complexity index is 519. The van der Waals surface area contributed by atoms with E-state index in [9.17, 15) is 4.39 Å². The Balaban J connectivity index is 2.19. The lowest BCUT2D eigenvalue weighted by atomic mass is 10.0. The zero-order valence-electron chi connectivity index (χ0n) is 10.0. The summed E-state index contributed by atoms with van der Waals surface area (Å²) < 4.78 is 18.9. The molecule has 0 aliphatic rings. The predicted molar refractivity (Wildman–Crippen MR) is 65.6 cm³/mol. The van der Waals surface area contributed by atoms with Crippen LogP contribution in [0.4, 0.5) is 4.39 Å². The third-order valence-electron chi connectivity index (χ3n) is 2.62. The Morgan fingerprint density at radius 2 is 2.00 bits per heavy atom. The number of nitrogens with zero attached hydrogens (tertiary/aromatic N) is 2. The molecule has 1 aromatic carbocycles. The molecule has 4 nitrogen and oxygen atoms in total. The lowest BCUT2D eigenvalue weighted by Gasteiger charge is -2.12. The van der Waals surface area contributed by atoms with Crippen LogP contribution in [0.5, 0.6) is 5.75 Å². The highest BCUT2D eigenvalue weighted by Gasteiger charge is 2.14. The van der Waals surface area contributed by atoms with Gasteiger partial charge in [-0.15, -0.1) is 0 Å². The molecular formula is C13H14FN3O. The van der Waals surface area contributed by atoms with Gasteiger partial charge < -0.3 is 10.5 Å². The molecular weight excluding hydrogens is 233 g/mol. The van der Waals surface area contributed by atoms with E-state index >= 15 is 0 Å². The van der Waals surface area contributed by atoms with Crippen LogP contribution in [0.3, 0.4) is 0 Å². The average molecular weight is 247 g/mol. The van der Waals surface area contributed by atoms with Crippen molar-refractivity contribution in [3.8, 4) is 5.75 Å². The number of hydrogen-bond acceptors (Lipinski definition) is 4. The van der Waals surface area contributed by atoms with Crippen LogP contribution in [-0.4, -0.2) is 17.1 Å². The Labute approximate surface area is 105 Å². The first-order valence-corrected chi connectivity index (χ1v) is 5.56. The fraction of sp³-hybridized carbons (Fsp3) is 0.231. The molecule has 0 aliphatic heterocycles. The highest BCUT2D eigenvalue weighted by atomic mass is 19.1. The third-order valence-corrected chi connectivity index (χ3v) is 2.62. The molecule has 0 fully saturated rings. The fourth-order valence-electron chi connectivity index (χ4n) is 1.70. The summed E-state index contributed by atoms with van der Waals surface area (Å²) in [6.07, 6.45) is 3.56. The van der Waals surface area contributed by atoms with E-state index in [-0.39, 0.29) is 11.6 Å². The molecule has 1 unspecified atom stereocenters. The number of benzene rings is 1. The molecule has 0 saturated carbocycles. The summed E-state index contributed by atoms with van der Waals surface area (Å²) in [6, 6.07) is 6.26. The van der Waals surface area contributed by atoms with Crippen LogP contribution >= 0.6 is 0 Å². The second-order valence-electron chi connectivity index (χ2n) is 3.85. The molecule has 0 aliphatic carbocycles. The van der Waals surface area contributed by atoms with Gasteiger partial charge in [-0.2, -0.15) is 0 Å². The molecule has 0 saturated heterocycles. The van der Waals surface area contributed by atoms with Crippen molar-refractivity contribution in [2.24, 2.45) is 5.73 Å². The minimum Gasteiger partial charge on any atom is -0.494 e. The summed E-state index contributed by atoms with van der Waals surface area (Å²) in [5.41, 5.74) is 6.45. The lowest BCUT2D eigenvalue weighted by molar-refractivity contribution is 0.383. The summed E-state index contributed by atoms with van der Waals surface area (Å²) in [5, 5.41) is 0. The Kier molecular flexibility index (Phi) is 3.84. The molecule has 0 spiro atoms. The number of hydrogen-bond donors (Lipinski definition) is 1. The van der Waals surface area contributed by atoms with Gasteiger partial charge >= 0.3 is 0 Å². The maximum atomic E-state index is 13.9. The second kappa shape index (κ2) is 5.55. The first kappa shape index (κ1) is 12.4. The number of methoxy groups -OCH3 is 1. The largest absolute Gasteiger partial charge is 0.494 e. The summed E-state index contributed by atoms with van der Waals surface area (Å²) in [6.45, 7) is 0. The van der Waals surface area contributed by atoms with E-state index in [0.717, 1.165) is 0 Å². The van der Waals surface area contributed by atoms with Gasteiger partial charge in [-0.05, 0) is 24.1 Å². The molecule has 0 bridgehead atoms. The molecule has 18 heavy (non-hydrogen) atoms. The number of nitrogens with two attached hydrogens (primary N) is 1. The topological polar surface area (TPSA) is 61.0 Å². The maximum absolute atomic E-state index is 13.9. The van der Waals surface area contributed by atoms with Gasteiger partial charge in [-0.1, -0.05) is 12.1 Å². The van der Waals surface area contributed by atoms with Gasteiger partial charge in [0, 0.05) is 12.4 Å². The van der Waals surface area contributed by atoms with Crippen LogP contribution < -0.4 is 10.5 Å². The van der Waals surface area contributed by atoms with E-state index in [1.54, 1.807) is 36.7 Å². The third kappa shape index (κ3) is 2.62. The van der Waals surface area contributed by atoms with Crippen molar-refractivity contribution in [3.63, 3.8) is 0 Å². The van der Waals surface area contributed by atoms with Gasteiger partial charge in [0.1, 0.15) is 5.82 Å². The monoisotopic (exact) mass is 247 g/mol. The first-order valence-electron chi connectivity index (χ1n) is 5.56. The molecule has 1 aromatic heterocycles. The number of halogens is 1. The highest BCUT2D eigenvalue weighted by molar-refractivity contribution is 5.31. The molecule has 5 heteroatoms. The minimum absolute atomic E-state index is 0.216. The SMILES string of the molecule is COc1cccc(CC(N)c2ncccn2)c1F. The zero-order valence-corrected chi connectivity index (χ0v) is 10.0. The molecule has 1 atom stereocenters. The van der Waals surface area contributed by atoms with Crippen molar-refractivity contribution < 1.29 is 9.13 Å². The smallest absolute Gasteiger partial charge is 0.168 e. The van der Waals surface area contributed by atoms with Gasteiger partial charge in [0.15, 0.2) is 11.6 Å². The summed E-state index contributed by atoms with van der Waals surface area (Å²) in [5.74, 6) is 0.333. The van der Waals surface area contributed by atoms with Crippen molar-refractivity contribution >= 4 is 0 Å². The van der Waals surface area contributed by atoms with Crippen LogP contribution in [0, 0.1) is 5.82 Å². The van der Waals surface area contributed by atoms with Crippen molar-refractivity contribution in [2.75, 3.05) is 7.11 Å². The summed E-state index contributed by atoms with van der Waals surface area (Å²) in [4.78, 5) is 8.11. The van der Waals surface area contributed by atoms with Gasteiger partial charge in [0.05, 0.1) is 13.2 Å². The van der Waals surface area contributed by atoms with Gasteiger partial charge in [-0.3, -0.25) is 0 Å². The van der Waals surface area contributed by atoms with Crippen molar-refractivity contribution in [2.45, 2.75) is 12.5 Å². The molecule has 0 radical (unpaired) electrons. The number of rotatable bonds is 4. The minimum atomic E-state index is -0.437. The second-order valence-corrected chi connectivity index (χ2v) is 3.85. The number of aromatic nitrogens is 2. The Morgan fingerprint density at radius 3 is 2.67 bits per heavy atom. The van der Waals surface area contributed by atoms with Crippen LogP contribution in [0.1, 0.15) is 17.4 Å². The van der Waals surface area contributed by atoms with Gasteiger partial charge in [-0.25, -0.2) is 14.4 Å². The van der Waals surface area contributed by atoms with E-state index in [2.05, 4.69) is 9.97 Å². The van der Waals surface area contributed by atoms with Crippen LogP contribution in [0.2, 0.25) is 0 Å². The van der Waals surface area contributed by atoms with Crippen molar-refractivity contribution in [3.05, 3.63) is 53.9 Å². The van der Waals surface area contributed by atoms with Gasteiger partial charge in [0.2, 0.25) is 0 Å². The standard InChI is InChI=1S/C13H14FN3O/c1-18-11-5-2-4-9(12(11)14)8-10(15)13-16-6-3-7-17-13/h2-7,10H,8,15H2,1H3.